The van der Waals surface area contributed by atoms with E-state index in [1.54, 1.807) is 9.58 Å². The van der Waals surface area contributed by atoms with E-state index in [0.717, 1.165) is 22.4 Å². The highest BCUT2D eigenvalue weighted by Crippen LogP contribution is 2.32. The van der Waals surface area contributed by atoms with Crippen molar-refractivity contribution < 1.29 is 19.1 Å². The van der Waals surface area contributed by atoms with Crippen LogP contribution in [0.5, 0.6) is 11.5 Å². The largest absolute Gasteiger partial charge is 0.454 e. The third-order valence-corrected chi connectivity index (χ3v) is 6.01. The number of carbonyl (C=O) groups excluding carboxylic acids is 2. The van der Waals surface area contributed by atoms with Crippen molar-refractivity contribution in [3.63, 3.8) is 0 Å². The van der Waals surface area contributed by atoms with E-state index in [4.69, 9.17) is 9.47 Å². The normalized spacial score (nSPS) is 14.2. The molecule has 8 heteroatoms. The number of ether oxygens (including phenoxy) is 2. The number of benzene rings is 2. The van der Waals surface area contributed by atoms with Crippen LogP contribution in [0.15, 0.2) is 42.5 Å². The molecule has 2 aliphatic heterocycles. The molecule has 5 rings (SSSR count). The van der Waals surface area contributed by atoms with Gasteiger partial charge in [-0.1, -0.05) is 24.3 Å². The average Bonchev–Trinajstić information content (AvgIpc) is 3.41. The van der Waals surface area contributed by atoms with E-state index in [0.29, 0.717) is 48.8 Å². The zero-order chi connectivity index (χ0) is 22.2. The Morgan fingerprint density at radius 1 is 1.12 bits per heavy atom. The summed E-state index contributed by atoms with van der Waals surface area (Å²) in [5.74, 6) is 1.10. The Morgan fingerprint density at radius 2 is 1.94 bits per heavy atom. The second-order valence-corrected chi connectivity index (χ2v) is 8.06. The second kappa shape index (κ2) is 8.03. The van der Waals surface area contributed by atoms with Gasteiger partial charge in [-0.05, 0) is 36.2 Å². The van der Waals surface area contributed by atoms with Crippen molar-refractivity contribution in [3.05, 3.63) is 76.1 Å². The number of hydrogen-bond acceptors (Lipinski definition) is 5. The van der Waals surface area contributed by atoms with E-state index >= 15 is 0 Å². The van der Waals surface area contributed by atoms with Crippen molar-refractivity contribution in [3.8, 4) is 11.5 Å². The summed E-state index contributed by atoms with van der Waals surface area (Å²) in [6.07, 6.45) is 0.659. The minimum absolute atomic E-state index is 0.0238. The molecule has 2 aliphatic rings. The van der Waals surface area contributed by atoms with Crippen molar-refractivity contribution in [2.45, 2.75) is 26.4 Å². The van der Waals surface area contributed by atoms with E-state index in [-0.39, 0.29) is 18.6 Å². The molecule has 0 bridgehead atoms. The quantitative estimate of drug-likeness (QED) is 0.685. The van der Waals surface area contributed by atoms with Gasteiger partial charge in [0.1, 0.15) is 0 Å². The summed E-state index contributed by atoms with van der Waals surface area (Å²) in [7, 11) is 1.84. The van der Waals surface area contributed by atoms with Gasteiger partial charge < -0.3 is 19.7 Å². The fourth-order valence-corrected chi connectivity index (χ4v) is 4.25. The van der Waals surface area contributed by atoms with Crippen LogP contribution in [0, 0.1) is 6.92 Å². The molecule has 0 fully saturated rings. The van der Waals surface area contributed by atoms with Crippen LogP contribution in [-0.2, 0) is 26.6 Å². The SMILES string of the molecule is Cc1ccccc1C(=O)N1CCc2c(c(C(=O)NCc3ccc4c(c3)OCO4)nn2C)C1. The van der Waals surface area contributed by atoms with Crippen molar-refractivity contribution in [1.82, 2.24) is 20.0 Å². The van der Waals surface area contributed by atoms with E-state index in [2.05, 4.69) is 10.4 Å². The standard InChI is InChI=1S/C24H24N4O4/c1-15-5-3-4-6-17(15)24(30)28-10-9-19-18(13-28)22(26-27(19)2)23(29)25-12-16-7-8-20-21(11-16)32-14-31-20/h3-8,11H,9-10,12-14H2,1-2H3,(H,25,29). The number of amides is 2. The molecule has 1 aromatic heterocycles. The molecule has 2 amide bonds. The number of nitrogens with zero attached hydrogens (tertiary/aromatic N) is 3. The Hall–Kier alpha value is -3.81. The molecule has 0 radical (unpaired) electrons. The third kappa shape index (κ3) is 3.57. The molecule has 0 aliphatic carbocycles. The van der Waals surface area contributed by atoms with Gasteiger partial charge in [-0.3, -0.25) is 14.3 Å². The fraction of sp³-hybridized carbons (Fsp3) is 0.292. The minimum Gasteiger partial charge on any atom is -0.454 e. The zero-order valence-electron chi connectivity index (χ0n) is 18.1. The lowest BCUT2D eigenvalue weighted by Gasteiger charge is -2.28. The van der Waals surface area contributed by atoms with Gasteiger partial charge in [-0.15, -0.1) is 0 Å². The van der Waals surface area contributed by atoms with Crippen LogP contribution in [0.1, 0.15) is 43.2 Å². The van der Waals surface area contributed by atoms with Gasteiger partial charge in [0, 0.05) is 43.4 Å². The lowest BCUT2D eigenvalue weighted by atomic mass is 10.0. The first-order valence-electron chi connectivity index (χ1n) is 10.6. The van der Waals surface area contributed by atoms with Gasteiger partial charge >= 0.3 is 0 Å². The summed E-state index contributed by atoms with van der Waals surface area (Å²) in [4.78, 5) is 27.9. The van der Waals surface area contributed by atoms with Crippen LogP contribution in [0.4, 0.5) is 0 Å². The molecule has 0 spiro atoms. The molecular formula is C24H24N4O4. The first kappa shape index (κ1) is 20.1. The number of carbonyl (C=O) groups is 2. The molecule has 0 saturated heterocycles. The maximum atomic E-state index is 13.1. The van der Waals surface area contributed by atoms with Gasteiger partial charge in [0.05, 0.1) is 6.54 Å². The van der Waals surface area contributed by atoms with Crippen molar-refractivity contribution >= 4 is 11.8 Å². The predicted octanol–water partition coefficient (Wildman–Crippen LogP) is 2.59. The van der Waals surface area contributed by atoms with E-state index in [9.17, 15) is 9.59 Å². The number of aromatic nitrogens is 2. The van der Waals surface area contributed by atoms with Crippen LogP contribution < -0.4 is 14.8 Å². The molecule has 0 atom stereocenters. The first-order chi connectivity index (χ1) is 15.5. The van der Waals surface area contributed by atoms with Crippen LogP contribution in [-0.4, -0.2) is 39.8 Å². The first-order valence-corrected chi connectivity index (χ1v) is 10.6. The average molecular weight is 432 g/mol. The highest BCUT2D eigenvalue weighted by atomic mass is 16.7. The molecule has 3 aromatic rings. The van der Waals surface area contributed by atoms with E-state index in [1.165, 1.54) is 0 Å². The highest BCUT2D eigenvalue weighted by molar-refractivity contribution is 5.97. The Bertz CT molecular complexity index is 1220. The lowest BCUT2D eigenvalue weighted by molar-refractivity contribution is 0.0729. The Balaban J connectivity index is 1.33. The number of rotatable bonds is 4. The van der Waals surface area contributed by atoms with Gasteiger partial charge in [0.25, 0.3) is 11.8 Å². The Labute approximate surface area is 185 Å². The van der Waals surface area contributed by atoms with Crippen molar-refractivity contribution in [2.24, 2.45) is 7.05 Å². The molecule has 3 heterocycles. The van der Waals surface area contributed by atoms with Crippen LogP contribution in [0.3, 0.4) is 0 Å². The molecule has 32 heavy (non-hydrogen) atoms. The highest BCUT2D eigenvalue weighted by Gasteiger charge is 2.30. The maximum Gasteiger partial charge on any atom is 0.272 e. The van der Waals surface area contributed by atoms with Gasteiger partial charge in [0.15, 0.2) is 17.2 Å². The molecule has 0 unspecified atom stereocenters. The summed E-state index contributed by atoms with van der Waals surface area (Å²) in [6, 6.07) is 13.2. The summed E-state index contributed by atoms with van der Waals surface area (Å²) in [6.45, 7) is 3.44. The molecule has 164 valence electrons. The molecule has 2 aromatic carbocycles. The second-order valence-electron chi connectivity index (χ2n) is 8.06. The van der Waals surface area contributed by atoms with Crippen LogP contribution in [0.25, 0.3) is 0 Å². The van der Waals surface area contributed by atoms with Gasteiger partial charge in [-0.25, -0.2) is 0 Å². The number of hydrogen-bond donors (Lipinski definition) is 1. The summed E-state index contributed by atoms with van der Waals surface area (Å²) >= 11 is 0. The number of aryl methyl sites for hydroxylation is 2. The van der Waals surface area contributed by atoms with Crippen LogP contribution in [0.2, 0.25) is 0 Å². The van der Waals surface area contributed by atoms with Crippen molar-refractivity contribution in [1.29, 1.82) is 0 Å². The molecular weight excluding hydrogens is 408 g/mol. The number of fused-ring (bicyclic) bond motifs is 2. The monoisotopic (exact) mass is 432 g/mol. The Morgan fingerprint density at radius 3 is 2.78 bits per heavy atom. The Kier molecular flexibility index (Phi) is 5.05. The predicted molar refractivity (Wildman–Crippen MR) is 117 cm³/mol. The summed E-state index contributed by atoms with van der Waals surface area (Å²) in [5, 5.41) is 7.41. The van der Waals surface area contributed by atoms with E-state index < -0.39 is 0 Å². The summed E-state index contributed by atoms with van der Waals surface area (Å²) < 4.78 is 12.5. The fourth-order valence-electron chi connectivity index (χ4n) is 4.25. The smallest absolute Gasteiger partial charge is 0.272 e. The lowest BCUT2D eigenvalue weighted by Crippen LogP contribution is -2.37. The topological polar surface area (TPSA) is 85.7 Å². The maximum absolute atomic E-state index is 13.1. The van der Waals surface area contributed by atoms with Gasteiger partial charge in [0.2, 0.25) is 6.79 Å². The molecule has 0 saturated carbocycles. The van der Waals surface area contributed by atoms with E-state index in [1.807, 2.05) is 56.4 Å². The molecule has 1 N–H and O–H groups in total. The van der Waals surface area contributed by atoms with Gasteiger partial charge in [-0.2, -0.15) is 5.10 Å². The van der Waals surface area contributed by atoms with Crippen LogP contribution >= 0.6 is 0 Å². The number of nitrogens with one attached hydrogen (secondary N) is 1. The summed E-state index contributed by atoms with van der Waals surface area (Å²) in [5.41, 5.74) is 4.70. The molecule has 8 nitrogen and oxygen atoms in total. The third-order valence-electron chi connectivity index (χ3n) is 6.01. The van der Waals surface area contributed by atoms with Crippen molar-refractivity contribution in [2.75, 3.05) is 13.3 Å². The minimum atomic E-state index is -0.260. The zero-order valence-corrected chi connectivity index (χ0v) is 18.1.